The maximum Gasteiger partial charge on any atom is 0.221 e. The summed E-state index contributed by atoms with van der Waals surface area (Å²) in [5.74, 6) is 0.430. The monoisotopic (exact) mass is 167 g/mol. The Labute approximate surface area is 73.8 Å². The Morgan fingerprint density at radius 3 is 2.50 bits per heavy atom. The minimum atomic E-state index is -0.234. The number of allylic oxidation sites excluding steroid dienone is 1. The molecule has 1 aliphatic rings. The van der Waals surface area contributed by atoms with Crippen molar-refractivity contribution in [3.8, 4) is 0 Å². The van der Waals surface area contributed by atoms with Crippen molar-refractivity contribution in [3.05, 3.63) is 11.6 Å². The van der Waals surface area contributed by atoms with Gasteiger partial charge in [0.2, 0.25) is 5.91 Å². The summed E-state index contributed by atoms with van der Waals surface area (Å²) >= 11 is 0. The number of carbonyl (C=O) groups is 1. The highest BCUT2D eigenvalue weighted by atomic mass is 16.1. The van der Waals surface area contributed by atoms with Gasteiger partial charge in [0, 0.05) is 6.42 Å². The first-order chi connectivity index (χ1) is 5.42. The molecule has 1 atom stereocenters. The smallest absolute Gasteiger partial charge is 0.221 e. The van der Waals surface area contributed by atoms with Crippen LogP contribution in [0.4, 0.5) is 0 Å². The Balaban J connectivity index is 2.43. The molecule has 1 aliphatic carbocycles. The summed E-state index contributed by atoms with van der Waals surface area (Å²) in [6, 6.07) is 0. The van der Waals surface area contributed by atoms with E-state index < -0.39 is 0 Å². The Morgan fingerprint density at radius 1 is 1.67 bits per heavy atom. The van der Waals surface area contributed by atoms with Crippen molar-refractivity contribution in [3.63, 3.8) is 0 Å². The first-order valence-electron chi connectivity index (χ1n) is 4.37. The van der Waals surface area contributed by atoms with Gasteiger partial charge in [-0.05, 0) is 24.7 Å². The lowest BCUT2D eigenvalue weighted by Crippen LogP contribution is -2.10. The average Bonchev–Trinajstić information content (AvgIpc) is 2.35. The molecule has 2 N–H and O–H groups in total. The van der Waals surface area contributed by atoms with Crippen molar-refractivity contribution in [2.45, 2.75) is 33.6 Å². The fourth-order valence-corrected chi connectivity index (χ4v) is 1.47. The minimum absolute atomic E-state index is 0.234. The number of primary amides is 1. The highest BCUT2D eigenvalue weighted by molar-refractivity contribution is 5.76. The second-order valence-electron chi connectivity index (χ2n) is 4.46. The summed E-state index contributed by atoms with van der Waals surface area (Å²) < 4.78 is 0. The van der Waals surface area contributed by atoms with Crippen LogP contribution in [0.1, 0.15) is 33.6 Å². The second kappa shape index (κ2) is 2.92. The highest BCUT2D eigenvalue weighted by Gasteiger charge is 2.43. The molecular weight excluding hydrogens is 150 g/mol. The van der Waals surface area contributed by atoms with Crippen LogP contribution in [0.15, 0.2) is 11.6 Å². The topological polar surface area (TPSA) is 43.1 Å². The SMILES string of the molecule is CC(=CC1CC1(C)C)CC(N)=O. The zero-order valence-corrected chi connectivity index (χ0v) is 8.05. The minimum Gasteiger partial charge on any atom is -0.369 e. The van der Waals surface area contributed by atoms with E-state index in [2.05, 4.69) is 19.9 Å². The molecule has 0 aromatic heterocycles. The Hall–Kier alpha value is -0.790. The largest absolute Gasteiger partial charge is 0.369 e. The van der Waals surface area contributed by atoms with Gasteiger partial charge in [-0.2, -0.15) is 0 Å². The predicted molar refractivity (Wildman–Crippen MR) is 49.5 cm³/mol. The molecular formula is C10H17NO. The molecule has 0 heterocycles. The summed E-state index contributed by atoms with van der Waals surface area (Å²) in [7, 11) is 0. The molecule has 0 saturated heterocycles. The number of nitrogens with two attached hydrogens (primary N) is 1. The zero-order valence-electron chi connectivity index (χ0n) is 8.05. The van der Waals surface area contributed by atoms with Crippen LogP contribution in [0, 0.1) is 11.3 Å². The number of carbonyl (C=O) groups excluding carboxylic acids is 1. The van der Waals surface area contributed by atoms with Crippen LogP contribution < -0.4 is 5.73 Å². The van der Waals surface area contributed by atoms with Crippen LogP contribution in [0.2, 0.25) is 0 Å². The molecule has 0 aliphatic heterocycles. The van der Waals surface area contributed by atoms with E-state index in [0.29, 0.717) is 17.8 Å². The number of hydrogen-bond acceptors (Lipinski definition) is 1. The van der Waals surface area contributed by atoms with Gasteiger partial charge in [-0.3, -0.25) is 4.79 Å². The zero-order chi connectivity index (χ0) is 9.35. The van der Waals surface area contributed by atoms with E-state index in [4.69, 9.17) is 5.73 Å². The van der Waals surface area contributed by atoms with Crippen molar-refractivity contribution in [1.82, 2.24) is 0 Å². The molecule has 68 valence electrons. The summed E-state index contributed by atoms with van der Waals surface area (Å²) in [4.78, 5) is 10.6. The highest BCUT2D eigenvalue weighted by Crippen LogP contribution is 2.52. The Morgan fingerprint density at radius 2 is 2.17 bits per heavy atom. The van der Waals surface area contributed by atoms with Gasteiger partial charge in [-0.1, -0.05) is 25.5 Å². The van der Waals surface area contributed by atoms with Crippen molar-refractivity contribution in [2.75, 3.05) is 0 Å². The molecule has 0 aromatic carbocycles. The maximum absolute atomic E-state index is 10.6. The fourth-order valence-electron chi connectivity index (χ4n) is 1.47. The van der Waals surface area contributed by atoms with Gasteiger partial charge < -0.3 is 5.73 Å². The second-order valence-corrected chi connectivity index (χ2v) is 4.46. The van der Waals surface area contributed by atoms with E-state index in [0.717, 1.165) is 5.57 Å². The third-order valence-corrected chi connectivity index (χ3v) is 2.53. The van der Waals surface area contributed by atoms with Gasteiger partial charge in [-0.25, -0.2) is 0 Å². The predicted octanol–water partition coefficient (Wildman–Crippen LogP) is 1.85. The van der Waals surface area contributed by atoms with Crippen LogP contribution >= 0.6 is 0 Å². The lowest BCUT2D eigenvalue weighted by molar-refractivity contribution is -0.117. The molecule has 1 rings (SSSR count). The normalized spacial score (nSPS) is 26.9. The summed E-state index contributed by atoms with van der Waals surface area (Å²) in [5.41, 5.74) is 6.64. The summed E-state index contributed by atoms with van der Waals surface area (Å²) in [5, 5.41) is 0. The summed E-state index contributed by atoms with van der Waals surface area (Å²) in [6.45, 7) is 6.45. The summed E-state index contributed by atoms with van der Waals surface area (Å²) in [6.07, 6.45) is 3.83. The number of rotatable bonds is 3. The van der Waals surface area contributed by atoms with Gasteiger partial charge in [0.15, 0.2) is 0 Å². The van der Waals surface area contributed by atoms with Gasteiger partial charge >= 0.3 is 0 Å². The molecule has 0 aromatic rings. The fraction of sp³-hybridized carbons (Fsp3) is 0.700. The molecule has 1 fully saturated rings. The van der Waals surface area contributed by atoms with E-state index >= 15 is 0 Å². The van der Waals surface area contributed by atoms with Crippen LogP contribution in [0.25, 0.3) is 0 Å². The third-order valence-electron chi connectivity index (χ3n) is 2.53. The molecule has 0 spiro atoms. The maximum atomic E-state index is 10.6. The van der Waals surface area contributed by atoms with Crippen LogP contribution in [0.3, 0.4) is 0 Å². The molecule has 1 amide bonds. The van der Waals surface area contributed by atoms with E-state index in [1.807, 2.05) is 6.92 Å². The standard InChI is InChI=1S/C10H17NO/c1-7(5-9(11)12)4-8-6-10(8,2)3/h4,8H,5-6H2,1-3H3,(H2,11,12). The van der Waals surface area contributed by atoms with E-state index in [-0.39, 0.29) is 5.91 Å². The van der Waals surface area contributed by atoms with Crippen molar-refractivity contribution in [1.29, 1.82) is 0 Å². The third kappa shape index (κ3) is 2.36. The van der Waals surface area contributed by atoms with Crippen LogP contribution in [-0.2, 0) is 4.79 Å². The average molecular weight is 167 g/mol. The van der Waals surface area contributed by atoms with Crippen molar-refractivity contribution in [2.24, 2.45) is 17.1 Å². The first-order valence-corrected chi connectivity index (χ1v) is 4.37. The van der Waals surface area contributed by atoms with Crippen LogP contribution in [-0.4, -0.2) is 5.91 Å². The lowest BCUT2D eigenvalue weighted by Gasteiger charge is -1.99. The van der Waals surface area contributed by atoms with E-state index in [9.17, 15) is 4.79 Å². The Bertz CT molecular complexity index is 228. The molecule has 0 bridgehead atoms. The van der Waals surface area contributed by atoms with Crippen LogP contribution in [0.5, 0.6) is 0 Å². The number of hydrogen-bond donors (Lipinski definition) is 1. The van der Waals surface area contributed by atoms with Gasteiger partial charge in [0.1, 0.15) is 0 Å². The first kappa shape index (κ1) is 9.30. The lowest BCUT2D eigenvalue weighted by atomic mass is 10.1. The van der Waals surface area contributed by atoms with Crippen molar-refractivity contribution >= 4 is 5.91 Å². The van der Waals surface area contributed by atoms with Crippen molar-refractivity contribution < 1.29 is 4.79 Å². The molecule has 0 radical (unpaired) electrons. The quantitative estimate of drug-likeness (QED) is 0.640. The van der Waals surface area contributed by atoms with Gasteiger partial charge in [0.05, 0.1) is 0 Å². The van der Waals surface area contributed by atoms with Gasteiger partial charge in [-0.15, -0.1) is 0 Å². The van der Waals surface area contributed by atoms with E-state index in [1.165, 1.54) is 6.42 Å². The van der Waals surface area contributed by atoms with E-state index in [1.54, 1.807) is 0 Å². The molecule has 2 nitrogen and oxygen atoms in total. The molecule has 2 heteroatoms. The molecule has 1 unspecified atom stereocenters. The van der Waals surface area contributed by atoms with Gasteiger partial charge in [0.25, 0.3) is 0 Å². The molecule has 12 heavy (non-hydrogen) atoms. The molecule has 1 saturated carbocycles. The number of amides is 1. The Kier molecular flexibility index (Phi) is 2.27.